The molecule has 0 saturated heterocycles. The van der Waals surface area contributed by atoms with Crippen LogP contribution in [0.15, 0.2) is 97.9 Å². The van der Waals surface area contributed by atoms with Gasteiger partial charge in [0.2, 0.25) is 5.91 Å². The zero-order chi connectivity index (χ0) is 23.3. The van der Waals surface area contributed by atoms with E-state index in [1.165, 1.54) is 5.56 Å². The number of nitrogens with one attached hydrogen (secondary N) is 3. The summed E-state index contributed by atoms with van der Waals surface area (Å²) < 4.78 is 0. The Morgan fingerprint density at radius 1 is 0.969 bits per heavy atom. The van der Waals surface area contributed by atoms with Gasteiger partial charge in [0.1, 0.15) is 0 Å². The number of rotatable bonds is 14. The molecule has 1 amide bonds. The summed E-state index contributed by atoms with van der Waals surface area (Å²) in [5, 5.41) is 9.72. The summed E-state index contributed by atoms with van der Waals surface area (Å²) in [7, 11) is 0. The van der Waals surface area contributed by atoms with Gasteiger partial charge in [-0.25, -0.2) is 0 Å². The third kappa shape index (κ3) is 8.84. The second-order valence-electron chi connectivity index (χ2n) is 8.49. The van der Waals surface area contributed by atoms with Crippen molar-refractivity contribution in [2.24, 2.45) is 5.92 Å². The van der Waals surface area contributed by atoms with Crippen molar-refractivity contribution in [2.45, 2.75) is 45.2 Å². The number of hydrogen-bond acceptors (Lipinski definition) is 3. The smallest absolute Gasteiger partial charge is 0.240 e. The van der Waals surface area contributed by atoms with Crippen molar-refractivity contribution in [3.8, 4) is 0 Å². The number of hydrogen-bond donors (Lipinski definition) is 3. The van der Waals surface area contributed by atoms with Crippen LogP contribution in [0.5, 0.6) is 0 Å². The second-order valence-corrected chi connectivity index (χ2v) is 8.49. The van der Waals surface area contributed by atoms with Crippen LogP contribution >= 0.6 is 0 Å². The molecule has 0 heterocycles. The molecule has 4 nitrogen and oxygen atoms in total. The molecule has 0 radical (unpaired) electrons. The van der Waals surface area contributed by atoms with Crippen molar-refractivity contribution in [3.63, 3.8) is 0 Å². The van der Waals surface area contributed by atoms with Crippen LogP contribution in [0.4, 0.5) is 0 Å². The summed E-state index contributed by atoms with van der Waals surface area (Å²) in [5.41, 5.74) is 4.07. The molecule has 0 saturated carbocycles. The van der Waals surface area contributed by atoms with E-state index in [-0.39, 0.29) is 24.5 Å². The zero-order valence-electron chi connectivity index (χ0n) is 19.4. The molecule has 2 rings (SSSR count). The molecule has 2 unspecified atom stereocenters. The van der Waals surface area contributed by atoms with Crippen LogP contribution in [0.25, 0.3) is 0 Å². The maximum absolute atomic E-state index is 12.5. The molecule has 3 N–H and O–H groups in total. The van der Waals surface area contributed by atoms with Crippen molar-refractivity contribution in [1.82, 2.24) is 16.0 Å². The SMILES string of the molecule is C=CC(NC(=O)CNC(=C)C(CC(C)C)NC(=C)CCc1ccccc1)c1ccccc1. The van der Waals surface area contributed by atoms with Crippen LogP contribution in [-0.2, 0) is 11.2 Å². The van der Waals surface area contributed by atoms with Gasteiger partial charge in [-0.3, -0.25) is 4.79 Å². The van der Waals surface area contributed by atoms with Gasteiger partial charge in [-0.05, 0) is 36.3 Å². The summed E-state index contributed by atoms with van der Waals surface area (Å²) in [5.74, 6) is 0.371. The average Bonchev–Trinajstić information content (AvgIpc) is 2.80. The minimum absolute atomic E-state index is 0.00963. The Kier molecular flexibility index (Phi) is 10.3. The number of carbonyl (C=O) groups excluding carboxylic acids is 1. The number of benzene rings is 2. The van der Waals surface area contributed by atoms with Crippen LogP contribution < -0.4 is 16.0 Å². The topological polar surface area (TPSA) is 53.2 Å². The maximum Gasteiger partial charge on any atom is 0.240 e. The molecule has 0 aliphatic carbocycles. The van der Waals surface area contributed by atoms with E-state index >= 15 is 0 Å². The van der Waals surface area contributed by atoms with Crippen molar-refractivity contribution >= 4 is 5.91 Å². The Labute approximate surface area is 193 Å². The fourth-order valence-corrected chi connectivity index (χ4v) is 3.50. The normalized spacial score (nSPS) is 12.5. The highest BCUT2D eigenvalue weighted by Gasteiger charge is 2.17. The molecule has 0 fully saturated rings. The summed E-state index contributed by atoms with van der Waals surface area (Å²) in [6, 6.07) is 20.0. The molecule has 2 aromatic carbocycles. The highest BCUT2D eigenvalue weighted by molar-refractivity contribution is 5.79. The molecule has 4 heteroatoms. The van der Waals surface area contributed by atoms with Gasteiger partial charge in [0.25, 0.3) is 0 Å². The molecule has 32 heavy (non-hydrogen) atoms. The summed E-state index contributed by atoms with van der Waals surface area (Å²) in [4.78, 5) is 12.5. The van der Waals surface area contributed by atoms with Gasteiger partial charge >= 0.3 is 0 Å². The average molecular weight is 432 g/mol. The molecular weight excluding hydrogens is 394 g/mol. The fraction of sp³-hybridized carbons (Fsp3) is 0.321. The van der Waals surface area contributed by atoms with Gasteiger partial charge < -0.3 is 16.0 Å². The molecule has 0 aromatic heterocycles. The standard InChI is InChI=1S/C28H37N3O/c1-6-26(25-15-11-8-12-16-25)31-28(32)20-29-23(5)27(19-21(2)3)30-22(4)17-18-24-13-9-7-10-14-24/h6-16,21,26-27,29-30H,1,4-5,17-20H2,2-3H3,(H,31,32). The van der Waals surface area contributed by atoms with E-state index in [1.54, 1.807) is 6.08 Å². The number of amides is 1. The van der Waals surface area contributed by atoms with Crippen molar-refractivity contribution in [2.75, 3.05) is 6.54 Å². The van der Waals surface area contributed by atoms with Crippen molar-refractivity contribution < 1.29 is 4.79 Å². The largest absolute Gasteiger partial charge is 0.381 e. The van der Waals surface area contributed by atoms with Crippen LogP contribution in [-0.4, -0.2) is 18.5 Å². The van der Waals surface area contributed by atoms with Crippen molar-refractivity contribution in [3.05, 3.63) is 109 Å². The lowest BCUT2D eigenvalue weighted by atomic mass is 10.0. The minimum atomic E-state index is -0.221. The lowest BCUT2D eigenvalue weighted by Crippen LogP contribution is -2.41. The minimum Gasteiger partial charge on any atom is -0.381 e. The third-order valence-electron chi connectivity index (χ3n) is 5.25. The second kappa shape index (κ2) is 13.2. The number of carbonyl (C=O) groups is 1. The molecule has 170 valence electrons. The van der Waals surface area contributed by atoms with Gasteiger partial charge in [0, 0.05) is 11.4 Å². The molecular formula is C28H37N3O. The van der Waals surface area contributed by atoms with E-state index in [1.807, 2.05) is 36.4 Å². The van der Waals surface area contributed by atoms with Crippen molar-refractivity contribution in [1.29, 1.82) is 0 Å². The fourth-order valence-electron chi connectivity index (χ4n) is 3.50. The van der Waals surface area contributed by atoms with Crippen LogP contribution in [0.3, 0.4) is 0 Å². The highest BCUT2D eigenvalue weighted by Crippen LogP contribution is 2.15. The predicted octanol–water partition coefficient (Wildman–Crippen LogP) is 5.28. The Balaban J connectivity index is 1.86. The van der Waals surface area contributed by atoms with Gasteiger partial charge in [0.15, 0.2) is 0 Å². The highest BCUT2D eigenvalue weighted by atomic mass is 16.1. The molecule has 0 aliphatic rings. The summed E-state index contributed by atoms with van der Waals surface area (Å²) in [6.07, 6.45) is 4.43. The first kappa shape index (κ1) is 25.0. The Morgan fingerprint density at radius 3 is 2.19 bits per heavy atom. The number of allylic oxidation sites excluding steroid dienone is 1. The Morgan fingerprint density at radius 2 is 1.59 bits per heavy atom. The van der Waals surface area contributed by atoms with Gasteiger partial charge in [-0.15, -0.1) is 6.58 Å². The summed E-state index contributed by atoms with van der Waals surface area (Å²) >= 11 is 0. The van der Waals surface area contributed by atoms with E-state index in [2.05, 4.69) is 73.8 Å². The van der Waals surface area contributed by atoms with Gasteiger partial charge in [-0.2, -0.15) is 0 Å². The third-order valence-corrected chi connectivity index (χ3v) is 5.25. The van der Waals surface area contributed by atoms with Crippen LogP contribution in [0.2, 0.25) is 0 Å². The van der Waals surface area contributed by atoms with E-state index in [9.17, 15) is 4.79 Å². The quantitative estimate of drug-likeness (QED) is 0.357. The first-order chi connectivity index (χ1) is 15.4. The lowest BCUT2D eigenvalue weighted by Gasteiger charge is -2.26. The van der Waals surface area contributed by atoms with E-state index < -0.39 is 0 Å². The molecule has 2 atom stereocenters. The first-order valence-electron chi connectivity index (χ1n) is 11.3. The van der Waals surface area contributed by atoms with Gasteiger partial charge in [-0.1, -0.05) is 93.7 Å². The van der Waals surface area contributed by atoms with Crippen LogP contribution in [0.1, 0.15) is 43.9 Å². The molecule has 0 bridgehead atoms. The Hall–Kier alpha value is -3.27. The predicted molar refractivity (Wildman–Crippen MR) is 135 cm³/mol. The number of aryl methyl sites for hydroxylation is 1. The molecule has 0 spiro atoms. The van der Waals surface area contributed by atoms with E-state index in [0.717, 1.165) is 36.2 Å². The zero-order valence-corrected chi connectivity index (χ0v) is 19.4. The maximum atomic E-state index is 12.5. The lowest BCUT2D eigenvalue weighted by molar-refractivity contribution is -0.120. The van der Waals surface area contributed by atoms with Crippen LogP contribution in [0, 0.1) is 5.92 Å². The van der Waals surface area contributed by atoms with E-state index in [4.69, 9.17) is 0 Å². The molecule has 0 aliphatic heterocycles. The Bertz CT molecular complexity index is 874. The molecule has 2 aromatic rings. The summed E-state index contributed by atoms with van der Waals surface area (Å²) in [6.45, 7) is 16.8. The van der Waals surface area contributed by atoms with E-state index in [0.29, 0.717) is 5.92 Å². The first-order valence-corrected chi connectivity index (χ1v) is 11.3. The van der Waals surface area contributed by atoms with Gasteiger partial charge in [0.05, 0.1) is 18.6 Å². The monoisotopic (exact) mass is 431 g/mol.